The highest BCUT2D eigenvalue weighted by atomic mass is 35.5. The molecule has 2 aromatic heterocycles. The summed E-state index contributed by atoms with van der Waals surface area (Å²) in [6, 6.07) is 11.0. The number of piperidine rings is 1. The van der Waals surface area contributed by atoms with Gasteiger partial charge in [-0.2, -0.15) is 4.31 Å². The van der Waals surface area contributed by atoms with Crippen molar-refractivity contribution in [2.45, 2.75) is 29.5 Å². The third-order valence-corrected chi connectivity index (χ3v) is 8.91. The quantitative estimate of drug-likeness (QED) is 0.628. The summed E-state index contributed by atoms with van der Waals surface area (Å²) in [6.07, 6.45) is 2.69. The van der Waals surface area contributed by atoms with Crippen molar-refractivity contribution in [2.75, 3.05) is 6.54 Å². The first-order chi connectivity index (χ1) is 11.6. The smallest absolute Gasteiger partial charge is 0.239 e. The van der Waals surface area contributed by atoms with E-state index in [2.05, 4.69) is 4.98 Å². The number of rotatable bonds is 3. The zero-order chi connectivity index (χ0) is 16.7. The molecule has 1 saturated heterocycles. The number of hydrogen-bond donors (Lipinski definition) is 0. The second-order valence-corrected chi connectivity index (χ2v) is 10.6. The average Bonchev–Trinajstić information content (AvgIpc) is 3.21. The van der Waals surface area contributed by atoms with E-state index in [0.717, 1.165) is 45.8 Å². The van der Waals surface area contributed by atoms with Gasteiger partial charge >= 0.3 is 0 Å². The molecule has 4 rings (SSSR count). The standard InChI is InChI=1S/C16H15ClN2O2S3/c17-14-8-9-15(23-14)24(20,21)19-10-4-3-6-12(19)16-18-11-5-1-2-7-13(11)22-16/h1-2,5,7-9,12H,3-4,6,10H2. The number of thiazole rings is 1. The lowest BCUT2D eigenvalue weighted by molar-refractivity contribution is 0.256. The van der Waals surface area contributed by atoms with Gasteiger partial charge in [0.05, 0.1) is 20.6 Å². The van der Waals surface area contributed by atoms with E-state index >= 15 is 0 Å². The van der Waals surface area contributed by atoms with Crippen molar-refractivity contribution >= 4 is 54.5 Å². The summed E-state index contributed by atoms with van der Waals surface area (Å²) in [5.41, 5.74) is 0.930. The number of hydrogen-bond acceptors (Lipinski definition) is 5. The van der Waals surface area contributed by atoms with Gasteiger partial charge in [0, 0.05) is 6.54 Å². The molecule has 0 aliphatic carbocycles. The van der Waals surface area contributed by atoms with Gasteiger partial charge in [0.15, 0.2) is 0 Å². The summed E-state index contributed by atoms with van der Waals surface area (Å²) in [5.74, 6) is 0. The third kappa shape index (κ3) is 2.88. The van der Waals surface area contributed by atoms with Crippen LogP contribution < -0.4 is 0 Å². The van der Waals surface area contributed by atoms with Crippen LogP contribution >= 0.6 is 34.3 Å². The highest BCUT2D eigenvalue weighted by Gasteiger charge is 2.36. The Labute approximate surface area is 153 Å². The second kappa shape index (κ2) is 6.38. The lowest BCUT2D eigenvalue weighted by atomic mass is 10.1. The molecule has 126 valence electrons. The topological polar surface area (TPSA) is 50.3 Å². The van der Waals surface area contributed by atoms with E-state index in [4.69, 9.17) is 11.6 Å². The third-order valence-electron chi connectivity index (χ3n) is 4.16. The molecule has 1 atom stereocenters. The molecule has 0 radical (unpaired) electrons. The van der Waals surface area contributed by atoms with Crippen molar-refractivity contribution in [3.8, 4) is 0 Å². The minimum absolute atomic E-state index is 0.193. The highest BCUT2D eigenvalue weighted by molar-refractivity contribution is 7.91. The molecular weight excluding hydrogens is 384 g/mol. The van der Waals surface area contributed by atoms with Gasteiger partial charge in [-0.1, -0.05) is 30.2 Å². The van der Waals surface area contributed by atoms with Gasteiger partial charge in [0.2, 0.25) is 0 Å². The van der Waals surface area contributed by atoms with Gasteiger partial charge in [-0.3, -0.25) is 0 Å². The molecule has 8 heteroatoms. The Hall–Kier alpha value is -0.990. The normalized spacial score (nSPS) is 19.8. The van der Waals surface area contributed by atoms with E-state index in [-0.39, 0.29) is 6.04 Å². The largest absolute Gasteiger partial charge is 0.253 e. The fraction of sp³-hybridized carbons (Fsp3) is 0.312. The van der Waals surface area contributed by atoms with Crippen LogP contribution in [0, 0.1) is 0 Å². The van der Waals surface area contributed by atoms with Gasteiger partial charge < -0.3 is 0 Å². The molecule has 24 heavy (non-hydrogen) atoms. The van der Waals surface area contributed by atoms with Gasteiger partial charge in [0.25, 0.3) is 10.0 Å². The average molecular weight is 399 g/mol. The van der Waals surface area contributed by atoms with Crippen LogP contribution in [-0.2, 0) is 10.0 Å². The molecule has 1 aliphatic heterocycles. The number of thiophene rings is 1. The maximum atomic E-state index is 13.1. The minimum atomic E-state index is -3.54. The van der Waals surface area contributed by atoms with Crippen molar-refractivity contribution in [2.24, 2.45) is 0 Å². The summed E-state index contributed by atoms with van der Waals surface area (Å²) in [5, 5.41) is 0.877. The van der Waals surface area contributed by atoms with Crippen molar-refractivity contribution in [1.82, 2.24) is 9.29 Å². The molecule has 0 amide bonds. The van der Waals surface area contributed by atoms with Crippen molar-refractivity contribution < 1.29 is 8.42 Å². The van der Waals surface area contributed by atoms with E-state index in [0.29, 0.717) is 15.1 Å². The van der Waals surface area contributed by atoms with Crippen LogP contribution in [0.1, 0.15) is 30.3 Å². The number of sulfonamides is 1. The minimum Gasteiger partial charge on any atom is -0.239 e. The molecule has 1 unspecified atom stereocenters. The fourth-order valence-electron chi connectivity index (χ4n) is 3.02. The first-order valence-corrected chi connectivity index (χ1v) is 11.1. The molecule has 3 heterocycles. The summed E-state index contributed by atoms with van der Waals surface area (Å²) < 4.78 is 29.6. The van der Waals surface area contributed by atoms with Crippen LogP contribution in [-0.4, -0.2) is 24.3 Å². The molecule has 1 aliphatic rings. The van der Waals surface area contributed by atoms with Crippen LogP contribution in [0.25, 0.3) is 10.2 Å². The zero-order valence-corrected chi connectivity index (χ0v) is 15.9. The first-order valence-electron chi connectivity index (χ1n) is 7.68. The van der Waals surface area contributed by atoms with Crippen molar-refractivity contribution in [1.29, 1.82) is 0 Å². The molecular formula is C16H15ClN2O2S3. The number of fused-ring (bicyclic) bond motifs is 1. The van der Waals surface area contributed by atoms with Crippen LogP contribution in [0.2, 0.25) is 4.34 Å². The fourth-order valence-corrected chi connectivity index (χ4v) is 7.48. The predicted molar refractivity (Wildman–Crippen MR) is 99.4 cm³/mol. The number of halogens is 1. The monoisotopic (exact) mass is 398 g/mol. The van der Waals surface area contributed by atoms with Gasteiger partial charge in [-0.15, -0.1) is 22.7 Å². The number of benzene rings is 1. The van der Waals surface area contributed by atoms with Crippen molar-refractivity contribution in [3.05, 3.63) is 45.7 Å². The van der Waals surface area contributed by atoms with E-state index < -0.39 is 10.0 Å². The molecule has 1 aromatic carbocycles. The summed E-state index contributed by atoms with van der Waals surface area (Å²) in [4.78, 5) is 4.69. The van der Waals surface area contributed by atoms with E-state index in [9.17, 15) is 8.42 Å². The van der Waals surface area contributed by atoms with Crippen molar-refractivity contribution in [3.63, 3.8) is 0 Å². The Morgan fingerprint density at radius 1 is 1.12 bits per heavy atom. The molecule has 1 fully saturated rings. The van der Waals surface area contributed by atoms with E-state index in [1.165, 1.54) is 0 Å². The molecule has 0 N–H and O–H groups in total. The Morgan fingerprint density at radius 2 is 1.96 bits per heavy atom. The maximum absolute atomic E-state index is 13.1. The molecule has 3 aromatic rings. The van der Waals surface area contributed by atoms with Crippen LogP contribution in [0.4, 0.5) is 0 Å². The van der Waals surface area contributed by atoms with Gasteiger partial charge in [-0.25, -0.2) is 13.4 Å². The molecule has 0 bridgehead atoms. The number of para-hydroxylation sites is 1. The maximum Gasteiger partial charge on any atom is 0.253 e. The Balaban J connectivity index is 1.75. The van der Waals surface area contributed by atoms with Crippen LogP contribution in [0.3, 0.4) is 0 Å². The lowest BCUT2D eigenvalue weighted by Crippen LogP contribution is -2.38. The van der Waals surface area contributed by atoms with Gasteiger partial charge in [0.1, 0.15) is 9.22 Å². The van der Waals surface area contributed by atoms with Crippen LogP contribution in [0.5, 0.6) is 0 Å². The van der Waals surface area contributed by atoms with Crippen LogP contribution in [0.15, 0.2) is 40.6 Å². The molecule has 0 saturated carbocycles. The SMILES string of the molecule is O=S(=O)(c1ccc(Cl)s1)N1CCCCC1c1nc2ccccc2s1. The highest BCUT2D eigenvalue weighted by Crippen LogP contribution is 2.40. The number of nitrogens with zero attached hydrogens (tertiary/aromatic N) is 2. The molecule has 0 spiro atoms. The second-order valence-electron chi connectivity index (χ2n) is 5.71. The Morgan fingerprint density at radius 3 is 2.71 bits per heavy atom. The zero-order valence-electron chi connectivity index (χ0n) is 12.7. The Kier molecular flexibility index (Phi) is 4.38. The summed E-state index contributed by atoms with van der Waals surface area (Å²) in [7, 11) is -3.54. The first kappa shape index (κ1) is 16.5. The Bertz CT molecular complexity index is 947. The summed E-state index contributed by atoms with van der Waals surface area (Å²) in [6.45, 7) is 0.526. The van der Waals surface area contributed by atoms with E-state index in [1.54, 1.807) is 27.8 Å². The number of aromatic nitrogens is 1. The molecule has 4 nitrogen and oxygen atoms in total. The predicted octanol–water partition coefficient (Wildman–Crippen LogP) is 4.93. The van der Waals surface area contributed by atoms with Gasteiger partial charge in [-0.05, 0) is 37.1 Å². The lowest BCUT2D eigenvalue weighted by Gasteiger charge is -2.32. The summed E-state index contributed by atoms with van der Waals surface area (Å²) >= 11 is 8.63. The van der Waals surface area contributed by atoms with E-state index in [1.807, 2.05) is 24.3 Å².